The first-order chi connectivity index (χ1) is 2.81. The second-order valence-electron chi connectivity index (χ2n) is 1.35. The van der Waals surface area contributed by atoms with Crippen molar-refractivity contribution in [3.63, 3.8) is 0 Å². The summed E-state index contributed by atoms with van der Waals surface area (Å²) < 4.78 is 4.82. The molecular formula is C4H10AlClO. The third-order valence-corrected chi connectivity index (χ3v) is 1.27. The van der Waals surface area contributed by atoms with Crippen molar-refractivity contribution < 1.29 is 3.79 Å². The smallest absolute Gasteiger partial charge is 0.369 e. The Balaban J connectivity index is 0. The van der Waals surface area contributed by atoms with Crippen LogP contribution in [0.1, 0.15) is 20.3 Å². The van der Waals surface area contributed by atoms with Crippen molar-refractivity contribution in [1.29, 1.82) is 0 Å². The molecule has 2 radical (unpaired) electrons. The second-order valence-corrected chi connectivity index (χ2v) is 1.63. The summed E-state index contributed by atoms with van der Waals surface area (Å²) in [5, 5.41) is 0. The minimum atomic E-state index is 0. The lowest BCUT2D eigenvalue weighted by molar-refractivity contribution is 0.239. The van der Waals surface area contributed by atoms with Gasteiger partial charge in [-0.2, -0.15) is 0 Å². The molecule has 0 aliphatic rings. The van der Waals surface area contributed by atoms with E-state index >= 15 is 0 Å². The van der Waals surface area contributed by atoms with Gasteiger partial charge in [0.05, 0.1) is 0 Å². The van der Waals surface area contributed by atoms with E-state index in [2.05, 4.69) is 23.5 Å². The SMILES string of the molecule is CCC(C)[O][Al].Cl. The van der Waals surface area contributed by atoms with Crippen LogP contribution in [0.5, 0.6) is 0 Å². The van der Waals surface area contributed by atoms with Crippen LogP contribution in [0.2, 0.25) is 0 Å². The molecule has 0 fully saturated rings. The number of hydrogen-bond donors (Lipinski definition) is 0. The van der Waals surface area contributed by atoms with Crippen molar-refractivity contribution >= 4 is 29.0 Å². The van der Waals surface area contributed by atoms with Gasteiger partial charge < -0.3 is 3.79 Å². The minimum Gasteiger partial charge on any atom is -0.514 e. The number of halogens is 1. The van der Waals surface area contributed by atoms with E-state index in [0.29, 0.717) is 6.10 Å². The fourth-order valence-corrected chi connectivity index (χ4v) is 0.289. The predicted molar refractivity (Wildman–Crippen MR) is 33.8 cm³/mol. The Kier molecular flexibility index (Phi) is 10.4. The Labute approximate surface area is 59.6 Å². The van der Waals surface area contributed by atoms with Gasteiger partial charge in [0, 0.05) is 6.10 Å². The average molecular weight is 137 g/mol. The van der Waals surface area contributed by atoms with E-state index in [1.165, 1.54) is 0 Å². The molecule has 1 unspecified atom stereocenters. The van der Waals surface area contributed by atoms with Gasteiger partial charge in [0.15, 0.2) is 0 Å². The van der Waals surface area contributed by atoms with E-state index in [4.69, 9.17) is 3.79 Å². The van der Waals surface area contributed by atoms with E-state index in [-0.39, 0.29) is 12.4 Å². The first-order valence-corrected chi connectivity index (χ1v) is 2.64. The normalized spacial score (nSPS) is 12.3. The Bertz CT molecular complexity index is 30.9. The molecule has 0 N–H and O–H groups in total. The summed E-state index contributed by atoms with van der Waals surface area (Å²) >= 11 is 2.24. The molecule has 0 aliphatic carbocycles. The zero-order chi connectivity index (χ0) is 4.99. The maximum atomic E-state index is 4.82. The highest BCUT2D eigenvalue weighted by atomic mass is 35.5. The maximum Gasteiger partial charge on any atom is 0.369 e. The summed E-state index contributed by atoms with van der Waals surface area (Å²) in [5.41, 5.74) is 0. The lowest BCUT2D eigenvalue weighted by Gasteiger charge is -2.04. The molecule has 0 aromatic carbocycles. The monoisotopic (exact) mass is 136 g/mol. The summed E-state index contributed by atoms with van der Waals surface area (Å²) in [6.45, 7) is 4.13. The van der Waals surface area contributed by atoms with E-state index in [1.807, 2.05) is 6.92 Å². The van der Waals surface area contributed by atoms with Crippen molar-refractivity contribution in [2.75, 3.05) is 0 Å². The maximum absolute atomic E-state index is 4.82. The third-order valence-electron chi connectivity index (χ3n) is 0.807. The van der Waals surface area contributed by atoms with Crippen LogP contribution in [0, 0.1) is 0 Å². The topological polar surface area (TPSA) is 9.23 Å². The van der Waals surface area contributed by atoms with Gasteiger partial charge in [-0.3, -0.25) is 0 Å². The molecule has 0 bridgehead atoms. The molecule has 1 nitrogen and oxygen atoms in total. The standard InChI is InChI=1S/C4H9O.Al.ClH/c1-3-4(2)5;;/h4H,3H2,1-2H3;;1H/q-1;+1;. The Morgan fingerprint density at radius 1 is 1.71 bits per heavy atom. The number of hydrogen-bond acceptors (Lipinski definition) is 1. The predicted octanol–water partition coefficient (Wildman–Crippen LogP) is 1.31. The first kappa shape index (κ1) is 10.7. The van der Waals surface area contributed by atoms with E-state index < -0.39 is 0 Å². The minimum absolute atomic E-state index is 0. The summed E-state index contributed by atoms with van der Waals surface area (Å²) in [5.74, 6) is 0. The van der Waals surface area contributed by atoms with Crippen molar-refractivity contribution in [1.82, 2.24) is 0 Å². The molecule has 0 heterocycles. The van der Waals surface area contributed by atoms with Crippen LogP contribution < -0.4 is 0 Å². The molecule has 0 aromatic rings. The fraction of sp³-hybridized carbons (Fsp3) is 1.00. The van der Waals surface area contributed by atoms with Crippen LogP contribution in [-0.2, 0) is 3.79 Å². The van der Waals surface area contributed by atoms with Crippen LogP contribution in [0.4, 0.5) is 0 Å². The number of rotatable bonds is 2. The summed E-state index contributed by atoms with van der Waals surface area (Å²) in [7, 11) is 0. The van der Waals surface area contributed by atoms with Crippen LogP contribution in [0.25, 0.3) is 0 Å². The quantitative estimate of drug-likeness (QED) is 0.520. The average Bonchev–Trinajstić information content (AvgIpc) is 1.65. The molecule has 0 spiro atoms. The fourth-order valence-electron chi connectivity index (χ4n) is 0.0962. The van der Waals surface area contributed by atoms with Crippen molar-refractivity contribution in [3.8, 4) is 0 Å². The van der Waals surface area contributed by atoms with Crippen LogP contribution in [-0.4, -0.2) is 22.7 Å². The molecule has 0 saturated heterocycles. The van der Waals surface area contributed by atoms with Crippen molar-refractivity contribution in [2.45, 2.75) is 26.4 Å². The second kappa shape index (κ2) is 6.78. The molecule has 0 amide bonds. The molecule has 3 heteroatoms. The lowest BCUT2D eigenvalue weighted by atomic mass is 10.3. The van der Waals surface area contributed by atoms with Gasteiger partial charge in [0.25, 0.3) is 0 Å². The van der Waals surface area contributed by atoms with Crippen LogP contribution in [0.3, 0.4) is 0 Å². The molecule has 42 valence electrons. The third kappa shape index (κ3) is 6.78. The molecule has 0 saturated carbocycles. The van der Waals surface area contributed by atoms with E-state index in [1.54, 1.807) is 0 Å². The summed E-state index contributed by atoms with van der Waals surface area (Å²) in [4.78, 5) is 0. The summed E-state index contributed by atoms with van der Waals surface area (Å²) in [6.07, 6.45) is 1.48. The molecule has 0 aliphatic heterocycles. The van der Waals surface area contributed by atoms with Crippen molar-refractivity contribution in [3.05, 3.63) is 0 Å². The molecular weight excluding hydrogens is 126 g/mol. The molecule has 0 rings (SSSR count). The van der Waals surface area contributed by atoms with Crippen LogP contribution >= 0.6 is 12.4 Å². The van der Waals surface area contributed by atoms with Crippen molar-refractivity contribution in [2.24, 2.45) is 0 Å². The highest BCUT2D eigenvalue weighted by molar-refractivity contribution is 5.98. The summed E-state index contributed by atoms with van der Waals surface area (Å²) in [6, 6.07) is 0. The van der Waals surface area contributed by atoms with Gasteiger partial charge in [0.2, 0.25) is 0 Å². The van der Waals surface area contributed by atoms with Gasteiger partial charge >= 0.3 is 16.6 Å². The zero-order valence-electron chi connectivity index (χ0n) is 4.68. The van der Waals surface area contributed by atoms with E-state index in [0.717, 1.165) is 6.42 Å². The van der Waals surface area contributed by atoms with Gasteiger partial charge in [-0.1, -0.05) is 6.92 Å². The van der Waals surface area contributed by atoms with Gasteiger partial charge in [0.1, 0.15) is 0 Å². The van der Waals surface area contributed by atoms with E-state index in [9.17, 15) is 0 Å². The first-order valence-electron chi connectivity index (χ1n) is 2.16. The molecule has 0 aromatic heterocycles. The highest BCUT2D eigenvalue weighted by Crippen LogP contribution is 1.89. The zero-order valence-corrected chi connectivity index (χ0v) is 6.65. The molecule has 1 atom stereocenters. The Morgan fingerprint density at radius 3 is 2.14 bits per heavy atom. The van der Waals surface area contributed by atoms with Crippen LogP contribution in [0.15, 0.2) is 0 Å². The largest absolute Gasteiger partial charge is 0.514 e. The Morgan fingerprint density at radius 2 is 2.14 bits per heavy atom. The van der Waals surface area contributed by atoms with Gasteiger partial charge in [-0.15, -0.1) is 12.4 Å². The molecule has 7 heavy (non-hydrogen) atoms. The lowest BCUT2D eigenvalue weighted by Crippen LogP contribution is -2.01. The highest BCUT2D eigenvalue weighted by Gasteiger charge is 1.86. The van der Waals surface area contributed by atoms with Gasteiger partial charge in [-0.25, -0.2) is 0 Å². The van der Waals surface area contributed by atoms with Gasteiger partial charge in [-0.05, 0) is 13.3 Å². The Hall–Kier alpha value is 0.782.